The molecule has 4 nitrogen and oxygen atoms in total. The molecule has 2 aromatic heterocycles. The van der Waals surface area contributed by atoms with Crippen LogP contribution in [0.3, 0.4) is 0 Å². The van der Waals surface area contributed by atoms with Crippen molar-refractivity contribution in [3.8, 4) is 5.88 Å². The van der Waals surface area contributed by atoms with E-state index in [1.165, 1.54) is 23.3 Å². The van der Waals surface area contributed by atoms with Crippen molar-refractivity contribution in [2.75, 3.05) is 20.3 Å². The van der Waals surface area contributed by atoms with Gasteiger partial charge in [0.2, 0.25) is 5.88 Å². The largest absolute Gasteiger partial charge is 0.476 e. The van der Waals surface area contributed by atoms with Crippen molar-refractivity contribution in [3.63, 3.8) is 0 Å². The number of hydrogen-bond donors (Lipinski definition) is 2. The molecule has 100 valence electrons. The molecule has 0 saturated heterocycles. The molecule has 2 rings (SSSR count). The monoisotopic (exact) mass is 286 g/mol. The number of hydrogen-bond acceptors (Lipinski definition) is 6. The van der Waals surface area contributed by atoms with E-state index in [-0.39, 0.29) is 6.61 Å². The first-order valence-electron chi connectivity index (χ1n) is 5.66. The number of thiophene rings is 1. The van der Waals surface area contributed by atoms with Crippen LogP contribution < -0.4 is 10.5 Å². The lowest BCUT2D eigenvalue weighted by atomic mass is 10.3. The molecule has 0 aliphatic carbocycles. The van der Waals surface area contributed by atoms with Gasteiger partial charge in [-0.05, 0) is 18.5 Å². The molecular weight excluding hydrogens is 268 g/mol. The summed E-state index contributed by atoms with van der Waals surface area (Å²) in [6, 6.07) is 4.14. The van der Waals surface area contributed by atoms with E-state index in [0.29, 0.717) is 18.9 Å². The van der Waals surface area contributed by atoms with Gasteiger partial charge in [0.05, 0.1) is 17.0 Å². The molecule has 3 N–H and O–H groups in total. The standard InChI is InChI=1S/C11H13NO2S2.CH5N/c13-5-3-10-11(12-8-16-10)14-6-4-9-2-1-7-15-9;1-2/h1-2,7-8,13H,3-6H2;2H2,1H3. The Balaban J connectivity index is 0.000000771. The average Bonchev–Trinajstić information content (AvgIpc) is 3.05. The van der Waals surface area contributed by atoms with Crippen LogP contribution in [-0.2, 0) is 12.8 Å². The third-order valence-electron chi connectivity index (χ3n) is 2.11. The highest BCUT2D eigenvalue weighted by atomic mass is 32.1. The van der Waals surface area contributed by atoms with Crippen molar-refractivity contribution < 1.29 is 9.84 Å². The number of ether oxygens (including phenoxy) is 1. The van der Waals surface area contributed by atoms with Crippen LogP contribution in [0.15, 0.2) is 23.0 Å². The van der Waals surface area contributed by atoms with Gasteiger partial charge in [0, 0.05) is 24.3 Å². The van der Waals surface area contributed by atoms with E-state index in [1.54, 1.807) is 16.8 Å². The number of aromatic nitrogens is 1. The molecule has 0 radical (unpaired) electrons. The minimum absolute atomic E-state index is 0.142. The molecule has 0 unspecified atom stereocenters. The SMILES string of the molecule is CN.OCCc1scnc1OCCc1cccs1. The van der Waals surface area contributed by atoms with Crippen molar-refractivity contribution in [2.45, 2.75) is 12.8 Å². The van der Waals surface area contributed by atoms with Gasteiger partial charge in [0.15, 0.2) is 0 Å². The summed E-state index contributed by atoms with van der Waals surface area (Å²) in [5, 5.41) is 10.9. The van der Waals surface area contributed by atoms with Crippen LogP contribution in [0.1, 0.15) is 9.75 Å². The second-order valence-corrected chi connectivity index (χ2v) is 5.20. The van der Waals surface area contributed by atoms with Crippen molar-refractivity contribution in [2.24, 2.45) is 5.73 Å². The van der Waals surface area contributed by atoms with Gasteiger partial charge in [-0.25, -0.2) is 4.98 Å². The molecule has 0 saturated carbocycles. The Morgan fingerprint density at radius 3 is 2.83 bits per heavy atom. The molecule has 0 aromatic carbocycles. The Morgan fingerprint density at radius 1 is 1.33 bits per heavy atom. The van der Waals surface area contributed by atoms with Crippen molar-refractivity contribution >= 4 is 22.7 Å². The average molecular weight is 286 g/mol. The number of nitrogens with zero attached hydrogens (tertiary/aromatic N) is 1. The summed E-state index contributed by atoms with van der Waals surface area (Å²) in [4.78, 5) is 6.48. The number of rotatable bonds is 6. The van der Waals surface area contributed by atoms with Gasteiger partial charge in [0.25, 0.3) is 0 Å². The van der Waals surface area contributed by atoms with E-state index in [1.807, 2.05) is 6.07 Å². The summed E-state index contributed by atoms with van der Waals surface area (Å²) in [6.07, 6.45) is 1.53. The molecule has 0 amide bonds. The van der Waals surface area contributed by atoms with Crippen LogP contribution in [0.2, 0.25) is 0 Å². The predicted molar refractivity (Wildman–Crippen MR) is 76.5 cm³/mol. The zero-order valence-electron chi connectivity index (χ0n) is 10.3. The maximum atomic E-state index is 8.86. The quantitative estimate of drug-likeness (QED) is 0.851. The van der Waals surface area contributed by atoms with Crippen LogP contribution in [0, 0.1) is 0 Å². The minimum atomic E-state index is 0.142. The molecule has 18 heavy (non-hydrogen) atoms. The molecule has 0 fully saturated rings. The molecule has 0 spiro atoms. The number of nitrogens with two attached hydrogens (primary N) is 1. The summed E-state index contributed by atoms with van der Waals surface area (Å²) in [5.74, 6) is 0.676. The lowest BCUT2D eigenvalue weighted by Crippen LogP contribution is -2.02. The Hall–Kier alpha value is -0.950. The third kappa shape index (κ3) is 4.73. The van der Waals surface area contributed by atoms with Gasteiger partial charge in [-0.1, -0.05) is 6.07 Å². The summed E-state index contributed by atoms with van der Waals surface area (Å²) >= 11 is 3.27. The molecule has 2 aromatic rings. The fourth-order valence-corrected chi connectivity index (χ4v) is 2.74. The topological polar surface area (TPSA) is 68.4 Å². The van der Waals surface area contributed by atoms with Crippen LogP contribution in [0.25, 0.3) is 0 Å². The second kappa shape index (κ2) is 9.04. The van der Waals surface area contributed by atoms with Crippen LogP contribution in [0.4, 0.5) is 0 Å². The lowest BCUT2D eigenvalue weighted by Gasteiger charge is -2.03. The van der Waals surface area contributed by atoms with Gasteiger partial charge in [-0.15, -0.1) is 22.7 Å². The van der Waals surface area contributed by atoms with E-state index < -0.39 is 0 Å². The molecule has 2 heterocycles. The zero-order chi connectivity index (χ0) is 13.2. The molecule has 0 atom stereocenters. The number of thiazole rings is 1. The highest BCUT2D eigenvalue weighted by molar-refractivity contribution is 7.10. The second-order valence-electron chi connectivity index (χ2n) is 3.23. The van der Waals surface area contributed by atoms with Gasteiger partial charge in [-0.2, -0.15) is 0 Å². The van der Waals surface area contributed by atoms with Crippen molar-refractivity contribution in [1.29, 1.82) is 0 Å². The van der Waals surface area contributed by atoms with Crippen molar-refractivity contribution in [1.82, 2.24) is 4.98 Å². The fourth-order valence-electron chi connectivity index (χ4n) is 1.35. The lowest BCUT2D eigenvalue weighted by molar-refractivity contribution is 0.287. The van der Waals surface area contributed by atoms with Gasteiger partial charge in [0.1, 0.15) is 0 Å². The van der Waals surface area contributed by atoms with E-state index in [2.05, 4.69) is 22.2 Å². The van der Waals surface area contributed by atoms with E-state index in [9.17, 15) is 0 Å². The minimum Gasteiger partial charge on any atom is -0.476 e. The zero-order valence-corrected chi connectivity index (χ0v) is 12.0. The van der Waals surface area contributed by atoms with E-state index >= 15 is 0 Å². The first-order valence-corrected chi connectivity index (χ1v) is 7.42. The van der Waals surface area contributed by atoms with Crippen LogP contribution in [-0.4, -0.2) is 30.4 Å². The predicted octanol–water partition coefficient (Wildman–Crippen LogP) is 1.94. The van der Waals surface area contributed by atoms with Crippen LogP contribution in [0.5, 0.6) is 5.88 Å². The first-order chi connectivity index (χ1) is 8.90. The summed E-state index contributed by atoms with van der Waals surface area (Å²) in [5.41, 5.74) is 6.26. The third-order valence-corrected chi connectivity index (χ3v) is 3.92. The normalized spacial score (nSPS) is 9.72. The first kappa shape index (κ1) is 15.1. The molecular formula is C12H18N2O2S2. The number of aliphatic hydroxyl groups is 1. The van der Waals surface area contributed by atoms with E-state index in [0.717, 1.165) is 11.3 Å². The maximum Gasteiger partial charge on any atom is 0.227 e. The highest BCUT2D eigenvalue weighted by Gasteiger charge is 2.06. The Kier molecular flexibility index (Phi) is 7.59. The Bertz CT molecular complexity index is 415. The fraction of sp³-hybridized carbons (Fsp3) is 0.417. The molecule has 0 bridgehead atoms. The van der Waals surface area contributed by atoms with Gasteiger partial charge >= 0.3 is 0 Å². The summed E-state index contributed by atoms with van der Waals surface area (Å²) in [6.45, 7) is 0.784. The Morgan fingerprint density at radius 2 is 2.17 bits per heavy atom. The smallest absolute Gasteiger partial charge is 0.227 e. The molecule has 0 aliphatic heterocycles. The van der Waals surface area contributed by atoms with Crippen LogP contribution >= 0.6 is 22.7 Å². The van der Waals surface area contributed by atoms with Crippen molar-refractivity contribution in [3.05, 3.63) is 32.8 Å². The summed E-state index contributed by atoms with van der Waals surface area (Å²) in [7, 11) is 1.50. The Labute approximate surface area is 115 Å². The van der Waals surface area contributed by atoms with Gasteiger partial charge < -0.3 is 15.6 Å². The summed E-state index contributed by atoms with van der Waals surface area (Å²) < 4.78 is 5.60. The number of aliphatic hydroxyl groups excluding tert-OH is 1. The highest BCUT2D eigenvalue weighted by Crippen LogP contribution is 2.21. The molecule has 0 aliphatic rings. The van der Waals surface area contributed by atoms with Gasteiger partial charge in [-0.3, -0.25) is 0 Å². The maximum absolute atomic E-state index is 8.86. The van der Waals surface area contributed by atoms with E-state index in [4.69, 9.17) is 9.84 Å². The molecule has 6 heteroatoms.